The van der Waals surface area contributed by atoms with Crippen molar-refractivity contribution in [2.75, 3.05) is 0 Å². The van der Waals surface area contributed by atoms with Crippen LogP contribution in [-0.4, -0.2) is 9.38 Å². The molecule has 0 saturated heterocycles. The normalized spacial score (nSPS) is 13.9. The number of hydrogen-bond donors (Lipinski definition) is 0. The van der Waals surface area contributed by atoms with E-state index in [2.05, 4.69) is 160 Å². The third kappa shape index (κ3) is 2.90. The van der Waals surface area contributed by atoms with Gasteiger partial charge < -0.3 is 0 Å². The van der Waals surface area contributed by atoms with Crippen LogP contribution in [0.3, 0.4) is 0 Å². The van der Waals surface area contributed by atoms with E-state index in [1.807, 2.05) is 0 Å². The molecule has 0 aliphatic heterocycles. The highest BCUT2D eigenvalue weighted by molar-refractivity contribution is 9.10. The van der Waals surface area contributed by atoms with Crippen LogP contribution in [0.2, 0.25) is 0 Å². The SMILES string of the molecule is Brc1ccc2c(c1)C1(c3ccccc3-c3ccccc31)c1cc(-c3cn4c5ccccc5c5ccccc5c4n3)ccc1-2. The molecule has 6 aromatic carbocycles. The minimum Gasteiger partial charge on any atom is -0.298 e. The molecule has 0 atom stereocenters. The summed E-state index contributed by atoms with van der Waals surface area (Å²) >= 11 is 3.82. The largest absolute Gasteiger partial charge is 0.298 e. The summed E-state index contributed by atoms with van der Waals surface area (Å²) in [4.78, 5) is 5.31. The molecule has 10 rings (SSSR count). The molecule has 2 heterocycles. The summed E-state index contributed by atoms with van der Waals surface area (Å²) in [5, 5.41) is 3.64. The van der Waals surface area contributed by atoms with Crippen molar-refractivity contribution in [3.63, 3.8) is 0 Å². The Morgan fingerprint density at radius 2 is 1.09 bits per heavy atom. The molecule has 0 amide bonds. The number of pyridine rings is 1. The third-order valence-electron chi connectivity index (χ3n) is 9.68. The summed E-state index contributed by atoms with van der Waals surface area (Å²) in [5.41, 5.74) is 14.4. The zero-order valence-corrected chi connectivity index (χ0v) is 24.6. The number of hydrogen-bond acceptors (Lipinski definition) is 1. The first-order chi connectivity index (χ1) is 21.2. The lowest BCUT2D eigenvalue weighted by Crippen LogP contribution is -2.25. The van der Waals surface area contributed by atoms with E-state index in [4.69, 9.17) is 4.98 Å². The highest BCUT2D eigenvalue weighted by atomic mass is 79.9. The topological polar surface area (TPSA) is 17.3 Å². The van der Waals surface area contributed by atoms with Gasteiger partial charge >= 0.3 is 0 Å². The van der Waals surface area contributed by atoms with E-state index in [0.29, 0.717) is 0 Å². The highest BCUT2D eigenvalue weighted by Gasteiger charge is 2.51. The second-order valence-corrected chi connectivity index (χ2v) is 12.6. The van der Waals surface area contributed by atoms with Gasteiger partial charge in [0, 0.05) is 27.0 Å². The van der Waals surface area contributed by atoms with Crippen LogP contribution in [0.25, 0.3) is 60.8 Å². The average Bonchev–Trinajstić information content (AvgIpc) is 3.72. The van der Waals surface area contributed by atoms with Crippen molar-refractivity contribution < 1.29 is 0 Å². The molecule has 2 aliphatic carbocycles. The van der Waals surface area contributed by atoms with Gasteiger partial charge in [-0.05, 0) is 74.2 Å². The Hall–Kier alpha value is -4.99. The van der Waals surface area contributed by atoms with Crippen LogP contribution in [0.1, 0.15) is 22.3 Å². The molecule has 2 aliphatic rings. The molecule has 0 bridgehead atoms. The number of nitrogens with zero attached hydrogens (tertiary/aromatic N) is 2. The molecule has 3 heteroatoms. The Balaban J connectivity index is 1.29. The summed E-state index contributed by atoms with van der Waals surface area (Å²) in [6, 6.07) is 48.9. The fraction of sp³-hybridized carbons (Fsp3) is 0.0250. The lowest BCUT2D eigenvalue weighted by molar-refractivity contribution is 0.793. The second-order valence-electron chi connectivity index (χ2n) is 11.7. The standard InChI is InChI=1S/C40H23BrN2/c41-25-18-20-30-29-19-17-24(37-23-43-38-16-8-5-12-31(38)26-9-1-2-13-32(26)39(43)42-37)21-35(29)40(36(30)22-25)33-14-6-3-10-27(33)28-11-4-7-15-34(28)40/h1-23H. The van der Waals surface area contributed by atoms with Gasteiger partial charge in [-0.1, -0.05) is 125 Å². The molecular formula is C40H23BrN2. The molecule has 2 aromatic heterocycles. The maximum atomic E-state index is 5.31. The second kappa shape index (κ2) is 8.31. The minimum atomic E-state index is -0.393. The summed E-state index contributed by atoms with van der Waals surface area (Å²) in [6.07, 6.45) is 2.22. The molecular weight excluding hydrogens is 588 g/mol. The Bertz CT molecular complexity index is 2370. The maximum absolute atomic E-state index is 5.31. The van der Waals surface area contributed by atoms with Gasteiger partial charge in [0.2, 0.25) is 0 Å². The molecule has 200 valence electrons. The minimum absolute atomic E-state index is 0.393. The molecule has 0 saturated carbocycles. The van der Waals surface area contributed by atoms with Gasteiger partial charge in [-0.3, -0.25) is 4.40 Å². The average molecular weight is 612 g/mol. The van der Waals surface area contributed by atoms with Crippen molar-refractivity contribution in [2.45, 2.75) is 5.41 Å². The predicted octanol–water partition coefficient (Wildman–Crippen LogP) is 10.4. The van der Waals surface area contributed by atoms with E-state index in [1.54, 1.807) is 0 Å². The molecule has 43 heavy (non-hydrogen) atoms. The number of fused-ring (bicyclic) bond motifs is 16. The molecule has 8 aromatic rings. The van der Waals surface area contributed by atoms with Crippen LogP contribution >= 0.6 is 15.9 Å². The first kappa shape index (κ1) is 23.6. The monoisotopic (exact) mass is 610 g/mol. The van der Waals surface area contributed by atoms with Gasteiger partial charge in [-0.2, -0.15) is 0 Å². The Morgan fingerprint density at radius 1 is 0.512 bits per heavy atom. The van der Waals surface area contributed by atoms with Crippen molar-refractivity contribution >= 4 is 43.3 Å². The highest BCUT2D eigenvalue weighted by Crippen LogP contribution is 2.63. The van der Waals surface area contributed by atoms with E-state index in [0.717, 1.165) is 21.4 Å². The van der Waals surface area contributed by atoms with Gasteiger partial charge in [0.25, 0.3) is 0 Å². The molecule has 0 N–H and O–H groups in total. The van der Waals surface area contributed by atoms with Crippen LogP contribution in [0.4, 0.5) is 0 Å². The third-order valence-corrected chi connectivity index (χ3v) is 10.2. The number of aromatic nitrogens is 2. The summed E-state index contributed by atoms with van der Waals surface area (Å²) in [7, 11) is 0. The molecule has 0 radical (unpaired) electrons. The summed E-state index contributed by atoms with van der Waals surface area (Å²) < 4.78 is 3.36. The van der Waals surface area contributed by atoms with Gasteiger partial charge in [0.1, 0.15) is 5.65 Å². The summed E-state index contributed by atoms with van der Waals surface area (Å²) in [5.74, 6) is 0. The van der Waals surface area contributed by atoms with Gasteiger partial charge in [0.05, 0.1) is 16.6 Å². The number of rotatable bonds is 1. The maximum Gasteiger partial charge on any atom is 0.145 e. The van der Waals surface area contributed by atoms with Crippen molar-refractivity contribution in [3.8, 4) is 33.5 Å². The lowest BCUT2D eigenvalue weighted by Gasteiger charge is -2.30. The quantitative estimate of drug-likeness (QED) is 0.169. The van der Waals surface area contributed by atoms with Crippen LogP contribution in [0, 0.1) is 0 Å². The van der Waals surface area contributed by atoms with Gasteiger partial charge in [-0.15, -0.1) is 0 Å². The zero-order valence-electron chi connectivity index (χ0n) is 23.1. The molecule has 2 nitrogen and oxygen atoms in total. The fourth-order valence-electron chi connectivity index (χ4n) is 7.99. The van der Waals surface area contributed by atoms with E-state index >= 15 is 0 Å². The first-order valence-corrected chi connectivity index (χ1v) is 15.5. The smallest absolute Gasteiger partial charge is 0.145 e. The molecule has 0 fully saturated rings. The van der Waals surface area contributed by atoms with Gasteiger partial charge in [-0.25, -0.2) is 4.98 Å². The van der Waals surface area contributed by atoms with Crippen molar-refractivity contribution in [2.24, 2.45) is 0 Å². The number of para-hydroxylation sites is 1. The Morgan fingerprint density at radius 3 is 1.86 bits per heavy atom. The number of benzene rings is 6. The number of imidazole rings is 1. The van der Waals surface area contributed by atoms with Crippen LogP contribution < -0.4 is 0 Å². The lowest BCUT2D eigenvalue weighted by atomic mass is 9.70. The van der Waals surface area contributed by atoms with E-state index in [9.17, 15) is 0 Å². The fourth-order valence-corrected chi connectivity index (χ4v) is 8.35. The van der Waals surface area contributed by atoms with Gasteiger partial charge in [0.15, 0.2) is 0 Å². The Labute approximate surface area is 257 Å². The van der Waals surface area contributed by atoms with Crippen molar-refractivity contribution in [1.29, 1.82) is 0 Å². The summed E-state index contributed by atoms with van der Waals surface area (Å²) in [6.45, 7) is 0. The van der Waals surface area contributed by atoms with Crippen molar-refractivity contribution in [3.05, 3.63) is 166 Å². The Kier molecular flexibility index (Phi) is 4.55. The van der Waals surface area contributed by atoms with E-state index in [1.165, 1.54) is 66.2 Å². The predicted molar refractivity (Wildman–Crippen MR) is 180 cm³/mol. The van der Waals surface area contributed by atoms with Crippen LogP contribution in [0.15, 0.2) is 144 Å². The van der Waals surface area contributed by atoms with E-state index < -0.39 is 5.41 Å². The molecule has 1 spiro atoms. The first-order valence-electron chi connectivity index (χ1n) is 14.7. The zero-order chi connectivity index (χ0) is 28.3. The van der Waals surface area contributed by atoms with E-state index in [-0.39, 0.29) is 0 Å². The number of halogens is 1. The molecule has 0 unspecified atom stereocenters. The van der Waals surface area contributed by atoms with Crippen molar-refractivity contribution in [1.82, 2.24) is 9.38 Å². The van der Waals surface area contributed by atoms with Crippen LogP contribution in [0.5, 0.6) is 0 Å². The van der Waals surface area contributed by atoms with Crippen LogP contribution in [-0.2, 0) is 5.41 Å².